The van der Waals surface area contributed by atoms with Crippen LogP contribution in [0.2, 0.25) is 0 Å². The first-order chi connectivity index (χ1) is 16.2. The number of methoxy groups -OCH3 is 1. The molecule has 2 heterocycles. The fourth-order valence-corrected chi connectivity index (χ4v) is 3.70. The molecule has 0 fully saturated rings. The molecular formula is C26H26N4O3. The lowest BCUT2D eigenvalue weighted by molar-refractivity contribution is -0.114. The predicted molar refractivity (Wildman–Crippen MR) is 129 cm³/mol. The number of ether oxygens (including phenoxy) is 2. The van der Waals surface area contributed by atoms with Gasteiger partial charge in [0.1, 0.15) is 17.9 Å². The van der Waals surface area contributed by atoms with Crippen LogP contribution in [0.5, 0.6) is 11.5 Å². The van der Waals surface area contributed by atoms with Crippen LogP contribution in [0.1, 0.15) is 12.5 Å². The molecule has 4 rings (SSSR count). The molecule has 1 amide bonds. The summed E-state index contributed by atoms with van der Waals surface area (Å²) in [5, 5.41) is 4.25. The van der Waals surface area contributed by atoms with Gasteiger partial charge >= 0.3 is 0 Å². The Morgan fingerprint density at radius 1 is 1.27 bits per heavy atom. The van der Waals surface area contributed by atoms with E-state index in [-0.39, 0.29) is 5.91 Å². The van der Waals surface area contributed by atoms with Gasteiger partial charge in [-0.05, 0) is 30.7 Å². The molecule has 0 spiro atoms. The Bertz CT molecular complexity index is 1320. The van der Waals surface area contributed by atoms with Crippen LogP contribution in [0.3, 0.4) is 0 Å². The van der Waals surface area contributed by atoms with Crippen molar-refractivity contribution >= 4 is 22.6 Å². The number of hydrogen-bond donors (Lipinski definition) is 1. The summed E-state index contributed by atoms with van der Waals surface area (Å²) in [5.74, 6) is 1.55. The van der Waals surface area contributed by atoms with Crippen molar-refractivity contribution in [2.45, 2.75) is 20.1 Å². The molecular weight excluding hydrogens is 416 g/mol. The molecule has 0 aliphatic carbocycles. The molecule has 0 saturated heterocycles. The first kappa shape index (κ1) is 22.1. The molecule has 168 valence electrons. The third-order valence-corrected chi connectivity index (χ3v) is 5.31. The van der Waals surface area contributed by atoms with Gasteiger partial charge in [-0.3, -0.25) is 9.36 Å². The van der Waals surface area contributed by atoms with E-state index in [1.165, 1.54) is 0 Å². The van der Waals surface area contributed by atoms with Crippen molar-refractivity contribution in [2.24, 2.45) is 4.99 Å². The standard InChI is InChI=1S/C26H26N4O3/c1-4-6-12-19(5-2)25(31)29-26-28-22-20(24-27-15-16-30(24)26)13-14-21(23(22)32-3)33-17-18-10-8-7-9-11-18/h4-14,27H,1,15-17H2,2-3H3/b12-6-,19-5+,29-26?. The van der Waals surface area contributed by atoms with E-state index in [1.54, 1.807) is 38.3 Å². The van der Waals surface area contributed by atoms with Gasteiger partial charge in [0.05, 0.1) is 7.11 Å². The summed E-state index contributed by atoms with van der Waals surface area (Å²) in [6, 6.07) is 13.7. The second-order valence-electron chi connectivity index (χ2n) is 7.36. The van der Waals surface area contributed by atoms with E-state index < -0.39 is 0 Å². The number of carbonyl (C=O) groups excluding carboxylic acids is 1. The lowest BCUT2D eigenvalue weighted by Crippen LogP contribution is -2.25. The molecule has 3 aromatic rings. The van der Waals surface area contributed by atoms with Gasteiger partial charge in [-0.25, -0.2) is 4.98 Å². The Kier molecular flexibility index (Phi) is 6.69. The lowest BCUT2D eigenvalue weighted by Gasteiger charge is -2.15. The molecule has 0 unspecified atom stereocenters. The second kappa shape index (κ2) is 9.99. The van der Waals surface area contributed by atoms with Crippen LogP contribution < -0.4 is 20.4 Å². The van der Waals surface area contributed by atoms with Gasteiger partial charge < -0.3 is 14.8 Å². The van der Waals surface area contributed by atoms with Crippen LogP contribution in [-0.2, 0) is 17.9 Å². The highest BCUT2D eigenvalue weighted by Crippen LogP contribution is 2.37. The molecule has 2 aromatic carbocycles. The fourth-order valence-electron chi connectivity index (χ4n) is 3.70. The highest BCUT2D eigenvalue weighted by molar-refractivity contribution is 5.97. The van der Waals surface area contributed by atoms with E-state index in [0.29, 0.717) is 41.4 Å². The zero-order valence-electron chi connectivity index (χ0n) is 18.7. The maximum Gasteiger partial charge on any atom is 0.279 e. The van der Waals surface area contributed by atoms with Gasteiger partial charge in [0.15, 0.2) is 11.5 Å². The summed E-state index contributed by atoms with van der Waals surface area (Å²) in [4.78, 5) is 21.9. The van der Waals surface area contributed by atoms with Crippen molar-refractivity contribution in [3.8, 4) is 11.5 Å². The Labute approximate surface area is 192 Å². The third kappa shape index (κ3) is 4.57. The Morgan fingerprint density at radius 3 is 2.82 bits per heavy atom. The van der Waals surface area contributed by atoms with Crippen molar-refractivity contribution < 1.29 is 14.3 Å². The number of fused-ring (bicyclic) bond motifs is 3. The van der Waals surface area contributed by atoms with E-state index in [9.17, 15) is 4.79 Å². The zero-order valence-corrected chi connectivity index (χ0v) is 18.7. The normalized spacial score (nSPS) is 13.8. The number of benzene rings is 2. The van der Waals surface area contributed by atoms with Gasteiger partial charge in [-0.15, -0.1) is 0 Å². The molecule has 1 aromatic heterocycles. The van der Waals surface area contributed by atoms with Gasteiger partial charge in [0.25, 0.3) is 5.91 Å². The minimum Gasteiger partial charge on any atom is -0.491 e. The van der Waals surface area contributed by atoms with Crippen LogP contribution in [0, 0.1) is 0 Å². The molecule has 7 heteroatoms. The van der Waals surface area contributed by atoms with E-state index in [2.05, 4.69) is 16.9 Å². The first-order valence-electron chi connectivity index (χ1n) is 10.7. The number of rotatable bonds is 7. The van der Waals surface area contributed by atoms with Crippen molar-refractivity contribution in [3.63, 3.8) is 0 Å². The van der Waals surface area contributed by atoms with E-state index in [1.807, 2.05) is 47.0 Å². The first-order valence-corrected chi connectivity index (χ1v) is 10.7. The SMILES string of the molecule is C=C/C=C\C(=C/C)C(=O)N=c1nc2c(OC)c(OCc3ccccc3)ccc2c2n1CCN2. The second-order valence-corrected chi connectivity index (χ2v) is 7.36. The summed E-state index contributed by atoms with van der Waals surface area (Å²) >= 11 is 0. The van der Waals surface area contributed by atoms with Crippen molar-refractivity contribution in [1.29, 1.82) is 0 Å². The summed E-state index contributed by atoms with van der Waals surface area (Å²) in [5.41, 5.74) is 2.41. The maximum atomic E-state index is 12.8. The average molecular weight is 443 g/mol. The predicted octanol–water partition coefficient (Wildman–Crippen LogP) is 4.17. The van der Waals surface area contributed by atoms with Crippen LogP contribution in [0.4, 0.5) is 5.82 Å². The number of nitrogens with zero attached hydrogens (tertiary/aromatic N) is 3. The largest absolute Gasteiger partial charge is 0.491 e. The quantitative estimate of drug-likeness (QED) is 0.439. The number of amides is 1. The van der Waals surface area contributed by atoms with E-state index >= 15 is 0 Å². The van der Waals surface area contributed by atoms with Crippen molar-refractivity contribution in [2.75, 3.05) is 19.0 Å². The molecule has 0 atom stereocenters. The molecule has 1 aliphatic heterocycles. The Balaban J connectivity index is 1.81. The molecule has 33 heavy (non-hydrogen) atoms. The van der Waals surface area contributed by atoms with Crippen molar-refractivity contribution in [3.05, 3.63) is 90.1 Å². The number of hydrogen-bond acceptors (Lipinski definition) is 5. The number of allylic oxidation sites excluding steroid dienone is 3. The topological polar surface area (TPSA) is 77.7 Å². The number of nitrogens with one attached hydrogen (secondary N) is 1. The number of anilines is 1. The van der Waals surface area contributed by atoms with E-state index in [0.717, 1.165) is 23.3 Å². The molecule has 1 N–H and O–H groups in total. The minimum atomic E-state index is -0.375. The monoisotopic (exact) mass is 442 g/mol. The van der Waals surface area contributed by atoms with Gasteiger partial charge in [-0.2, -0.15) is 4.99 Å². The summed E-state index contributed by atoms with van der Waals surface area (Å²) in [6.45, 7) is 7.22. The number of aromatic nitrogens is 2. The van der Waals surface area contributed by atoms with Crippen LogP contribution in [0.25, 0.3) is 10.9 Å². The molecule has 0 bridgehead atoms. The lowest BCUT2D eigenvalue weighted by atomic mass is 10.2. The Hall–Kier alpha value is -4.13. The maximum absolute atomic E-state index is 12.8. The number of carbonyl (C=O) groups is 1. The van der Waals surface area contributed by atoms with Crippen LogP contribution >= 0.6 is 0 Å². The third-order valence-electron chi connectivity index (χ3n) is 5.31. The Morgan fingerprint density at radius 2 is 2.09 bits per heavy atom. The highest BCUT2D eigenvalue weighted by Gasteiger charge is 2.21. The van der Waals surface area contributed by atoms with Gasteiger partial charge in [-0.1, -0.05) is 55.1 Å². The van der Waals surface area contributed by atoms with Crippen LogP contribution in [-0.4, -0.2) is 29.1 Å². The highest BCUT2D eigenvalue weighted by atomic mass is 16.5. The molecule has 0 saturated carbocycles. The summed E-state index contributed by atoms with van der Waals surface area (Å²) in [7, 11) is 1.58. The van der Waals surface area contributed by atoms with E-state index in [4.69, 9.17) is 14.5 Å². The van der Waals surface area contributed by atoms with Crippen molar-refractivity contribution in [1.82, 2.24) is 9.55 Å². The summed E-state index contributed by atoms with van der Waals surface area (Å²) in [6.07, 6.45) is 6.71. The minimum absolute atomic E-state index is 0.317. The smallest absolute Gasteiger partial charge is 0.279 e. The molecule has 7 nitrogen and oxygen atoms in total. The van der Waals surface area contributed by atoms with Crippen LogP contribution in [0.15, 0.2) is 83.9 Å². The average Bonchev–Trinajstić information content (AvgIpc) is 3.34. The van der Waals surface area contributed by atoms with Gasteiger partial charge in [0, 0.05) is 24.0 Å². The molecule has 0 radical (unpaired) electrons. The molecule has 1 aliphatic rings. The zero-order chi connectivity index (χ0) is 23.2. The summed E-state index contributed by atoms with van der Waals surface area (Å²) < 4.78 is 13.7. The van der Waals surface area contributed by atoms with Gasteiger partial charge in [0.2, 0.25) is 5.62 Å². The fraction of sp³-hybridized carbons (Fsp3) is 0.192.